The van der Waals surface area contributed by atoms with Crippen molar-refractivity contribution in [2.45, 2.75) is 13.8 Å². The number of halogens is 1. The van der Waals surface area contributed by atoms with Gasteiger partial charge in [0.1, 0.15) is 12.4 Å². The third-order valence-corrected chi connectivity index (χ3v) is 2.46. The summed E-state index contributed by atoms with van der Waals surface area (Å²) >= 11 is 5.82. The van der Waals surface area contributed by atoms with Crippen LogP contribution < -0.4 is 4.74 Å². The van der Waals surface area contributed by atoms with Gasteiger partial charge in [-0.2, -0.15) is 0 Å². The minimum absolute atomic E-state index is 0.272. The van der Waals surface area contributed by atoms with Crippen LogP contribution >= 0.6 is 11.6 Å². The molecule has 0 aliphatic rings. The third-order valence-electron chi connectivity index (χ3n) is 2.23. The van der Waals surface area contributed by atoms with E-state index in [1.54, 1.807) is 19.1 Å². The molecule has 88 valence electrons. The third kappa shape index (κ3) is 3.42. The zero-order chi connectivity index (χ0) is 12.1. The van der Waals surface area contributed by atoms with Crippen LogP contribution in [0.4, 0.5) is 0 Å². The van der Waals surface area contributed by atoms with Crippen molar-refractivity contribution in [1.82, 2.24) is 0 Å². The standard InChI is InChI=1S/C12H15ClO3/c1-8-6-10(13)4-5-11(8)16-7-9(2)12(14)15-3/h4-6,9H,7H2,1-3H3. The van der Waals surface area contributed by atoms with Gasteiger partial charge in [-0.1, -0.05) is 11.6 Å². The molecule has 0 saturated heterocycles. The fraction of sp³-hybridized carbons (Fsp3) is 0.417. The summed E-state index contributed by atoms with van der Waals surface area (Å²) in [5.41, 5.74) is 0.949. The fourth-order valence-corrected chi connectivity index (χ4v) is 1.49. The molecule has 0 heterocycles. The molecular formula is C12H15ClO3. The van der Waals surface area contributed by atoms with Crippen molar-refractivity contribution in [2.75, 3.05) is 13.7 Å². The van der Waals surface area contributed by atoms with Crippen molar-refractivity contribution in [3.63, 3.8) is 0 Å². The molecule has 0 spiro atoms. The normalized spacial score (nSPS) is 12.0. The predicted octanol–water partition coefficient (Wildman–Crippen LogP) is 2.84. The molecule has 1 atom stereocenters. The lowest BCUT2D eigenvalue weighted by Gasteiger charge is -2.12. The Balaban J connectivity index is 2.58. The number of esters is 1. The molecule has 3 nitrogen and oxygen atoms in total. The number of aryl methyl sites for hydroxylation is 1. The van der Waals surface area contributed by atoms with E-state index in [-0.39, 0.29) is 11.9 Å². The van der Waals surface area contributed by atoms with E-state index in [4.69, 9.17) is 16.3 Å². The molecule has 1 aromatic carbocycles. The first-order valence-corrected chi connectivity index (χ1v) is 5.39. The zero-order valence-electron chi connectivity index (χ0n) is 9.62. The summed E-state index contributed by atoms with van der Waals surface area (Å²) < 4.78 is 10.1. The van der Waals surface area contributed by atoms with Crippen LogP contribution in [-0.2, 0) is 9.53 Å². The number of rotatable bonds is 4. The predicted molar refractivity (Wildman–Crippen MR) is 62.9 cm³/mol. The molecule has 0 saturated carbocycles. The number of benzene rings is 1. The van der Waals surface area contributed by atoms with Gasteiger partial charge in [-0.25, -0.2) is 0 Å². The van der Waals surface area contributed by atoms with Crippen LogP contribution in [0.15, 0.2) is 18.2 Å². The molecule has 4 heteroatoms. The average Bonchev–Trinajstić information content (AvgIpc) is 2.26. The molecule has 0 aromatic heterocycles. The molecule has 16 heavy (non-hydrogen) atoms. The first-order valence-electron chi connectivity index (χ1n) is 5.01. The van der Waals surface area contributed by atoms with Gasteiger partial charge in [-0.15, -0.1) is 0 Å². The number of carbonyl (C=O) groups excluding carboxylic acids is 1. The summed E-state index contributed by atoms with van der Waals surface area (Å²) in [6, 6.07) is 5.37. The highest BCUT2D eigenvalue weighted by Gasteiger charge is 2.14. The van der Waals surface area contributed by atoms with Crippen molar-refractivity contribution in [2.24, 2.45) is 5.92 Å². The molecule has 0 aliphatic heterocycles. The molecule has 0 bridgehead atoms. The lowest BCUT2D eigenvalue weighted by Crippen LogP contribution is -2.20. The first kappa shape index (κ1) is 12.8. The SMILES string of the molecule is COC(=O)C(C)COc1ccc(Cl)cc1C. The maximum absolute atomic E-state index is 11.1. The Morgan fingerprint density at radius 1 is 1.50 bits per heavy atom. The molecule has 0 amide bonds. The van der Waals surface area contributed by atoms with Crippen LogP contribution in [0.5, 0.6) is 5.75 Å². The van der Waals surface area contributed by atoms with Crippen LogP contribution in [0, 0.1) is 12.8 Å². The lowest BCUT2D eigenvalue weighted by atomic mass is 10.2. The fourth-order valence-electron chi connectivity index (χ4n) is 1.26. The molecule has 0 radical (unpaired) electrons. The second kappa shape index (κ2) is 5.75. The summed E-state index contributed by atoms with van der Waals surface area (Å²) in [5, 5.41) is 0.672. The minimum Gasteiger partial charge on any atom is -0.492 e. The monoisotopic (exact) mass is 242 g/mol. The Labute approximate surface area is 100 Å². The maximum atomic E-state index is 11.1. The number of hydrogen-bond acceptors (Lipinski definition) is 3. The van der Waals surface area contributed by atoms with Crippen LogP contribution in [0.3, 0.4) is 0 Å². The summed E-state index contributed by atoms with van der Waals surface area (Å²) in [6.07, 6.45) is 0. The van der Waals surface area contributed by atoms with Crippen LogP contribution in [0.2, 0.25) is 5.02 Å². The lowest BCUT2D eigenvalue weighted by molar-refractivity contribution is -0.145. The van der Waals surface area contributed by atoms with Gasteiger partial charge in [0.2, 0.25) is 0 Å². The Morgan fingerprint density at radius 3 is 2.75 bits per heavy atom. The Morgan fingerprint density at radius 2 is 2.19 bits per heavy atom. The second-order valence-electron chi connectivity index (χ2n) is 3.65. The van der Waals surface area contributed by atoms with E-state index in [2.05, 4.69) is 4.74 Å². The smallest absolute Gasteiger partial charge is 0.311 e. The van der Waals surface area contributed by atoms with E-state index < -0.39 is 0 Å². The molecule has 0 fully saturated rings. The highest BCUT2D eigenvalue weighted by Crippen LogP contribution is 2.22. The van der Waals surface area contributed by atoms with Gasteiger partial charge in [0.15, 0.2) is 0 Å². The zero-order valence-corrected chi connectivity index (χ0v) is 10.4. The highest BCUT2D eigenvalue weighted by molar-refractivity contribution is 6.30. The summed E-state index contributed by atoms with van der Waals surface area (Å²) in [7, 11) is 1.37. The Kier molecular flexibility index (Phi) is 4.62. The van der Waals surface area contributed by atoms with E-state index in [0.717, 1.165) is 11.3 Å². The largest absolute Gasteiger partial charge is 0.492 e. The highest BCUT2D eigenvalue weighted by atomic mass is 35.5. The topological polar surface area (TPSA) is 35.5 Å². The summed E-state index contributed by atoms with van der Waals surface area (Å²) in [5.74, 6) is 0.187. The number of methoxy groups -OCH3 is 1. The number of hydrogen-bond donors (Lipinski definition) is 0. The van der Waals surface area contributed by atoms with Crippen molar-refractivity contribution in [1.29, 1.82) is 0 Å². The maximum Gasteiger partial charge on any atom is 0.311 e. The number of carbonyl (C=O) groups is 1. The molecular weight excluding hydrogens is 228 g/mol. The van der Waals surface area contributed by atoms with E-state index in [9.17, 15) is 4.79 Å². The van der Waals surface area contributed by atoms with Gasteiger partial charge in [-0.3, -0.25) is 4.79 Å². The molecule has 0 N–H and O–H groups in total. The average molecular weight is 243 g/mol. The van der Waals surface area contributed by atoms with Gasteiger partial charge in [0, 0.05) is 5.02 Å². The van der Waals surface area contributed by atoms with Crippen molar-refractivity contribution < 1.29 is 14.3 Å². The second-order valence-corrected chi connectivity index (χ2v) is 4.08. The Bertz CT molecular complexity index is 377. The molecule has 1 aromatic rings. The van der Waals surface area contributed by atoms with Gasteiger partial charge < -0.3 is 9.47 Å². The van der Waals surface area contributed by atoms with Gasteiger partial charge in [0.05, 0.1) is 13.0 Å². The van der Waals surface area contributed by atoms with Crippen LogP contribution in [0.1, 0.15) is 12.5 Å². The van der Waals surface area contributed by atoms with E-state index >= 15 is 0 Å². The van der Waals surface area contributed by atoms with E-state index in [1.807, 2.05) is 13.0 Å². The minimum atomic E-state index is -0.278. The van der Waals surface area contributed by atoms with Gasteiger partial charge >= 0.3 is 5.97 Å². The van der Waals surface area contributed by atoms with Crippen molar-refractivity contribution >= 4 is 17.6 Å². The van der Waals surface area contributed by atoms with Crippen molar-refractivity contribution in [3.8, 4) is 5.75 Å². The van der Waals surface area contributed by atoms with Crippen LogP contribution in [0.25, 0.3) is 0 Å². The first-order chi connectivity index (χ1) is 7.54. The van der Waals surface area contributed by atoms with Gasteiger partial charge in [0.25, 0.3) is 0 Å². The van der Waals surface area contributed by atoms with E-state index in [1.165, 1.54) is 7.11 Å². The summed E-state index contributed by atoms with van der Waals surface area (Å²) in [4.78, 5) is 11.1. The molecule has 0 aliphatic carbocycles. The summed E-state index contributed by atoms with van der Waals surface area (Å²) in [6.45, 7) is 3.97. The molecule has 1 rings (SSSR count). The number of ether oxygens (including phenoxy) is 2. The van der Waals surface area contributed by atoms with Crippen molar-refractivity contribution in [3.05, 3.63) is 28.8 Å². The quantitative estimate of drug-likeness (QED) is 0.762. The van der Waals surface area contributed by atoms with E-state index in [0.29, 0.717) is 11.6 Å². The van der Waals surface area contributed by atoms with Crippen LogP contribution in [-0.4, -0.2) is 19.7 Å². The van der Waals surface area contributed by atoms with Gasteiger partial charge in [-0.05, 0) is 37.6 Å². The molecule has 1 unspecified atom stereocenters. The Hall–Kier alpha value is -1.22.